The maximum Gasteiger partial charge on any atom is 0.227 e. The Bertz CT molecular complexity index is 769. The maximum absolute atomic E-state index is 14.0. The van der Waals surface area contributed by atoms with Crippen molar-refractivity contribution in [2.24, 2.45) is 5.73 Å². The summed E-state index contributed by atoms with van der Waals surface area (Å²) in [6, 6.07) is 10.6. The summed E-state index contributed by atoms with van der Waals surface area (Å²) < 4.78 is 27.1. The number of carbonyl (C=O) groups excluding carboxylic acids is 1. The fourth-order valence-corrected chi connectivity index (χ4v) is 3.38. The lowest BCUT2D eigenvalue weighted by Gasteiger charge is -2.22. The van der Waals surface area contributed by atoms with Crippen LogP contribution in [0.2, 0.25) is 0 Å². The Morgan fingerprint density at radius 2 is 2.00 bits per heavy atom. The second-order valence-corrected chi connectivity index (χ2v) is 6.17. The molecule has 3 rings (SSSR count). The molecule has 1 unspecified atom stereocenters. The van der Waals surface area contributed by atoms with Crippen molar-refractivity contribution in [3.8, 4) is 0 Å². The minimum atomic E-state index is -0.698. The van der Waals surface area contributed by atoms with Gasteiger partial charge < -0.3 is 11.1 Å². The van der Waals surface area contributed by atoms with Crippen molar-refractivity contribution in [3.05, 3.63) is 70.8 Å². The number of amides is 1. The molecule has 2 aromatic rings. The van der Waals surface area contributed by atoms with Crippen molar-refractivity contribution in [2.75, 3.05) is 0 Å². The quantitative estimate of drug-likeness (QED) is 0.868. The first-order valence-corrected chi connectivity index (χ1v) is 8.10. The number of hydrogen-bond donors (Lipinski definition) is 2. The van der Waals surface area contributed by atoms with Gasteiger partial charge in [-0.1, -0.05) is 37.3 Å². The molecule has 0 aromatic heterocycles. The number of nitrogens with two attached hydrogens (primary N) is 1. The summed E-state index contributed by atoms with van der Waals surface area (Å²) in [5.74, 6) is -2.30. The van der Waals surface area contributed by atoms with Gasteiger partial charge in [0.15, 0.2) is 0 Å². The molecule has 0 bridgehead atoms. The molecule has 3 nitrogen and oxygen atoms in total. The first kappa shape index (κ1) is 19.3. The van der Waals surface area contributed by atoms with E-state index in [1.54, 1.807) is 6.92 Å². The SMILES string of the molecule is CCC(C(=O)N[C@H]1Cc2ccccc2[C@@H]1N)c1ccc(F)cc1F.Cl. The van der Waals surface area contributed by atoms with Crippen LogP contribution in [0.15, 0.2) is 42.5 Å². The summed E-state index contributed by atoms with van der Waals surface area (Å²) in [4.78, 5) is 12.6. The summed E-state index contributed by atoms with van der Waals surface area (Å²) in [7, 11) is 0. The Balaban J connectivity index is 0.00000225. The van der Waals surface area contributed by atoms with Crippen LogP contribution < -0.4 is 11.1 Å². The molecule has 6 heteroatoms. The third-order valence-corrected chi connectivity index (χ3v) is 4.68. The molecule has 1 aliphatic carbocycles. The molecule has 0 spiro atoms. The van der Waals surface area contributed by atoms with Gasteiger partial charge in [-0.15, -0.1) is 12.4 Å². The molecular formula is C19H21ClF2N2O. The Hall–Kier alpha value is -1.98. The lowest BCUT2D eigenvalue weighted by atomic mass is 9.94. The zero-order chi connectivity index (χ0) is 17.3. The maximum atomic E-state index is 14.0. The highest BCUT2D eigenvalue weighted by Gasteiger charge is 2.32. The Kier molecular flexibility index (Phi) is 6.14. The molecule has 3 N–H and O–H groups in total. The van der Waals surface area contributed by atoms with Crippen molar-refractivity contribution >= 4 is 18.3 Å². The third kappa shape index (κ3) is 3.83. The molecule has 0 heterocycles. The molecule has 1 amide bonds. The van der Waals surface area contributed by atoms with Crippen molar-refractivity contribution in [2.45, 2.75) is 37.8 Å². The average molecular weight is 367 g/mol. The van der Waals surface area contributed by atoms with Crippen molar-refractivity contribution in [1.29, 1.82) is 0 Å². The van der Waals surface area contributed by atoms with Crippen molar-refractivity contribution in [3.63, 3.8) is 0 Å². The third-order valence-electron chi connectivity index (χ3n) is 4.68. The highest BCUT2D eigenvalue weighted by atomic mass is 35.5. The fraction of sp³-hybridized carbons (Fsp3) is 0.316. The van der Waals surface area contributed by atoms with E-state index in [0.717, 1.165) is 17.2 Å². The topological polar surface area (TPSA) is 55.1 Å². The second-order valence-electron chi connectivity index (χ2n) is 6.17. The number of hydrogen-bond acceptors (Lipinski definition) is 2. The van der Waals surface area contributed by atoms with Gasteiger partial charge in [-0.25, -0.2) is 8.78 Å². The highest BCUT2D eigenvalue weighted by Crippen LogP contribution is 2.30. The van der Waals surface area contributed by atoms with E-state index in [2.05, 4.69) is 5.32 Å². The van der Waals surface area contributed by atoms with Crippen LogP contribution in [0.3, 0.4) is 0 Å². The summed E-state index contributed by atoms with van der Waals surface area (Å²) in [5, 5.41) is 2.94. The first-order valence-electron chi connectivity index (χ1n) is 8.10. The molecule has 0 aliphatic heterocycles. The van der Waals surface area contributed by atoms with Gasteiger partial charge in [-0.2, -0.15) is 0 Å². The van der Waals surface area contributed by atoms with Gasteiger partial charge in [0.05, 0.1) is 18.0 Å². The first-order chi connectivity index (χ1) is 11.5. The number of rotatable bonds is 4. The zero-order valence-corrected chi connectivity index (χ0v) is 14.7. The molecule has 0 fully saturated rings. The van der Waals surface area contributed by atoms with E-state index in [9.17, 15) is 13.6 Å². The highest BCUT2D eigenvalue weighted by molar-refractivity contribution is 5.85. The van der Waals surface area contributed by atoms with Gasteiger partial charge in [0.1, 0.15) is 11.6 Å². The lowest BCUT2D eigenvalue weighted by molar-refractivity contribution is -0.123. The second kappa shape index (κ2) is 7.93. The number of carbonyl (C=O) groups is 1. The molecule has 0 radical (unpaired) electrons. The summed E-state index contributed by atoms with van der Waals surface area (Å²) in [6.45, 7) is 1.80. The smallest absolute Gasteiger partial charge is 0.227 e. The number of nitrogens with one attached hydrogen (secondary N) is 1. The van der Waals surface area contributed by atoms with Crippen molar-refractivity contribution < 1.29 is 13.6 Å². The molecule has 3 atom stereocenters. The number of fused-ring (bicyclic) bond motifs is 1. The van der Waals surface area contributed by atoms with Crippen LogP contribution in [0.25, 0.3) is 0 Å². The van der Waals surface area contributed by atoms with Crippen LogP contribution in [0.4, 0.5) is 8.78 Å². The van der Waals surface area contributed by atoms with E-state index >= 15 is 0 Å². The largest absolute Gasteiger partial charge is 0.351 e. The van der Waals surface area contributed by atoms with E-state index in [0.29, 0.717) is 12.8 Å². The van der Waals surface area contributed by atoms with E-state index in [1.165, 1.54) is 12.1 Å². The van der Waals surface area contributed by atoms with Crippen LogP contribution >= 0.6 is 12.4 Å². The van der Waals surface area contributed by atoms with Gasteiger partial charge >= 0.3 is 0 Å². The number of benzene rings is 2. The van der Waals surface area contributed by atoms with Crippen LogP contribution in [0.5, 0.6) is 0 Å². The standard InChI is InChI=1S/C19H20F2N2O.ClH/c1-2-13(15-8-7-12(20)10-16(15)21)19(24)23-17-9-11-5-3-4-6-14(11)18(17)22;/h3-8,10,13,17-18H,2,9,22H2,1H3,(H,23,24);1H/t13?,17-,18-;/m0./s1. The van der Waals surface area contributed by atoms with Gasteiger partial charge in [0.2, 0.25) is 5.91 Å². The van der Waals surface area contributed by atoms with Gasteiger partial charge in [0, 0.05) is 11.6 Å². The molecule has 2 aromatic carbocycles. The Morgan fingerprint density at radius 1 is 1.28 bits per heavy atom. The normalized spacial score (nSPS) is 19.7. The monoisotopic (exact) mass is 366 g/mol. The predicted octanol–water partition coefficient (Wildman–Crippen LogP) is 3.62. The summed E-state index contributed by atoms with van der Waals surface area (Å²) in [5.41, 5.74) is 8.59. The molecule has 0 saturated heterocycles. The molecule has 134 valence electrons. The van der Waals surface area contributed by atoms with Crippen LogP contribution in [0.1, 0.15) is 42.0 Å². The van der Waals surface area contributed by atoms with Gasteiger partial charge in [-0.05, 0) is 30.0 Å². The van der Waals surface area contributed by atoms with E-state index < -0.39 is 17.6 Å². The average Bonchev–Trinajstić information content (AvgIpc) is 2.87. The minimum absolute atomic E-state index is 0. The van der Waals surface area contributed by atoms with Crippen molar-refractivity contribution in [1.82, 2.24) is 5.32 Å². The number of halogens is 3. The predicted molar refractivity (Wildman–Crippen MR) is 95.6 cm³/mol. The van der Waals surface area contributed by atoms with Crippen LogP contribution in [-0.4, -0.2) is 11.9 Å². The molecule has 1 aliphatic rings. The zero-order valence-electron chi connectivity index (χ0n) is 13.8. The molecular weight excluding hydrogens is 346 g/mol. The molecule has 0 saturated carbocycles. The summed E-state index contributed by atoms with van der Waals surface area (Å²) >= 11 is 0. The Morgan fingerprint density at radius 3 is 2.64 bits per heavy atom. The van der Waals surface area contributed by atoms with E-state index in [4.69, 9.17) is 5.73 Å². The summed E-state index contributed by atoms with van der Waals surface area (Å²) in [6.07, 6.45) is 1.08. The van der Waals surface area contributed by atoms with Crippen LogP contribution in [-0.2, 0) is 11.2 Å². The molecule has 25 heavy (non-hydrogen) atoms. The lowest BCUT2D eigenvalue weighted by Crippen LogP contribution is -2.43. The van der Waals surface area contributed by atoms with Gasteiger partial charge in [-0.3, -0.25) is 4.79 Å². The van der Waals surface area contributed by atoms with Crippen LogP contribution in [0, 0.1) is 11.6 Å². The van der Waals surface area contributed by atoms with E-state index in [1.807, 2.05) is 24.3 Å². The van der Waals surface area contributed by atoms with Gasteiger partial charge in [0.25, 0.3) is 0 Å². The Labute approximate surface area is 152 Å². The fourth-order valence-electron chi connectivity index (χ4n) is 3.38. The minimum Gasteiger partial charge on any atom is -0.351 e. The van der Waals surface area contributed by atoms with E-state index in [-0.39, 0.29) is 36.0 Å².